The largest absolute Gasteiger partial charge is 0.489 e. The lowest BCUT2D eigenvalue weighted by Gasteiger charge is -2.23. The number of carboxylic acids is 1. The Bertz CT molecular complexity index is 1480. The second-order valence-electron chi connectivity index (χ2n) is 11.8. The molecule has 3 aliphatic carbocycles. The molecule has 1 aromatic heterocycles. The van der Waals surface area contributed by atoms with Crippen LogP contribution in [0.25, 0.3) is 10.9 Å². The van der Waals surface area contributed by atoms with Gasteiger partial charge in [0.25, 0.3) is 0 Å². The zero-order valence-corrected chi connectivity index (χ0v) is 24.0. The monoisotopic (exact) mass is 580 g/mol. The Balaban J connectivity index is 0.000000336. The summed E-state index contributed by atoms with van der Waals surface area (Å²) in [5.41, 5.74) is 9.23. The van der Waals surface area contributed by atoms with Crippen molar-refractivity contribution in [3.05, 3.63) is 88.7 Å². The van der Waals surface area contributed by atoms with Crippen molar-refractivity contribution >= 4 is 16.9 Å². The number of nitrogens with two attached hydrogens (primary N) is 1. The van der Waals surface area contributed by atoms with Gasteiger partial charge in [-0.1, -0.05) is 56.2 Å². The maximum absolute atomic E-state index is 13.7. The lowest BCUT2D eigenvalue weighted by Crippen LogP contribution is -2.36. The molecule has 2 aromatic carbocycles. The number of aromatic amines is 1. The van der Waals surface area contributed by atoms with E-state index in [9.17, 15) is 18.0 Å². The first-order chi connectivity index (χ1) is 20.1. The minimum Gasteiger partial charge on any atom is -0.489 e. The number of ether oxygens (including phenoxy) is 1. The molecular weight excluding hydrogens is 541 g/mol. The van der Waals surface area contributed by atoms with E-state index in [1.807, 2.05) is 24.3 Å². The van der Waals surface area contributed by atoms with Crippen molar-refractivity contribution in [2.75, 3.05) is 0 Å². The second kappa shape index (κ2) is 12.4. The van der Waals surface area contributed by atoms with Crippen LogP contribution in [0.4, 0.5) is 13.2 Å². The van der Waals surface area contributed by atoms with E-state index in [0.717, 1.165) is 73.5 Å². The van der Waals surface area contributed by atoms with E-state index >= 15 is 0 Å². The molecular formula is C34H39F3N2O3. The van der Waals surface area contributed by atoms with E-state index < -0.39 is 17.7 Å². The molecule has 224 valence electrons. The Labute approximate surface area is 244 Å². The number of allylic oxidation sites excluding steroid dienone is 2. The van der Waals surface area contributed by atoms with E-state index in [4.69, 9.17) is 15.6 Å². The van der Waals surface area contributed by atoms with Crippen LogP contribution in [-0.2, 0) is 24.0 Å². The van der Waals surface area contributed by atoms with Crippen LogP contribution >= 0.6 is 0 Å². The zero-order chi connectivity index (χ0) is 29.9. The fourth-order valence-corrected chi connectivity index (χ4v) is 6.47. The third kappa shape index (κ3) is 6.75. The molecule has 0 spiro atoms. The summed E-state index contributed by atoms with van der Waals surface area (Å²) in [6, 6.07) is 10.2. The fraction of sp³-hybridized carbons (Fsp3) is 0.441. The number of carboxylic acid groups (broad SMARTS) is 1. The molecule has 1 saturated carbocycles. The van der Waals surface area contributed by atoms with Crippen molar-refractivity contribution in [3.63, 3.8) is 0 Å². The standard InChI is InChI=1S/C26H26F3NO3.C8H13N/c27-26(28,29)22-11-15(5-8-19(22)16-3-1-2-4-16)14-33-18-7-10-23-21(13-18)20-9-6-17(12-24(31)32)25(20)30-23;1-2-8(9)6-4-3-5-7-8/h5,7-8,10-11,13,16-17,30H,1-4,6,9,12,14H2,(H,31,32);3-6H,2,7,9H2,1H3/t17-;8-/m00/s1. The van der Waals surface area contributed by atoms with Gasteiger partial charge in [-0.25, -0.2) is 0 Å². The highest BCUT2D eigenvalue weighted by atomic mass is 19.4. The second-order valence-corrected chi connectivity index (χ2v) is 11.8. The molecule has 0 aliphatic heterocycles. The zero-order valence-electron chi connectivity index (χ0n) is 24.0. The van der Waals surface area contributed by atoms with Crippen LogP contribution in [0, 0.1) is 0 Å². The average molecular weight is 581 g/mol. The first kappa shape index (κ1) is 30.0. The molecule has 8 heteroatoms. The number of aryl methyl sites for hydroxylation is 1. The van der Waals surface area contributed by atoms with E-state index in [-0.39, 0.29) is 30.4 Å². The summed E-state index contributed by atoms with van der Waals surface area (Å²) < 4.78 is 47.1. The SMILES string of the molecule is CC[C@]1(N)C=CC=CC1.O=C(O)C[C@@H]1CCc2c1[nH]c1ccc(OCc3ccc(C4CCCC4)c(C(F)(F)F)c3)cc21. The molecule has 4 N–H and O–H groups in total. The molecule has 0 unspecified atom stereocenters. The minimum absolute atomic E-state index is 0.0142. The van der Waals surface area contributed by atoms with Crippen LogP contribution in [0.15, 0.2) is 60.7 Å². The molecule has 3 aromatic rings. The van der Waals surface area contributed by atoms with Crippen LogP contribution in [0.2, 0.25) is 0 Å². The first-order valence-electron chi connectivity index (χ1n) is 14.9. The average Bonchev–Trinajstić information content (AvgIpc) is 3.71. The van der Waals surface area contributed by atoms with Crippen molar-refractivity contribution < 1.29 is 27.8 Å². The Morgan fingerprint density at radius 3 is 2.55 bits per heavy atom. The number of benzene rings is 2. The van der Waals surface area contributed by atoms with Gasteiger partial charge in [-0.05, 0) is 85.4 Å². The number of fused-ring (bicyclic) bond motifs is 3. The summed E-state index contributed by atoms with van der Waals surface area (Å²) in [7, 11) is 0. The number of H-pyrrole nitrogens is 1. The van der Waals surface area contributed by atoms with Gasteiger partial charge in [0.2, 0.25) is 0 Å². The Hall–Kier alpha value is -3.52. The number of aliphatic carboxylic acids is 1. The summed E-state index contributed by atoms with van der Waals surface area (Å²) in [5.74, 6) is -0.264. The van der Waals surface area contributed by atoms with Gasteiger partial charge in [-0.2, -0.15) is 13.2 Å². The number of alkyl halides is 3. The van der Waals surface area contributed by atoms with Crippen molar-refractivity contribution in [2.24, 2.45) is 5.73 Å². The van der Waals surface area contributed by atoms with Gasteiger partial charge >= 0.3 is 12.1 Å². The van der Waals surface area contributed by atoms with E-state index in [1.165, 1.54) is 6.07 Å². The van der Waals surface area contributed by atoms with Gasteiger partial charge in [0.05, 0.1) is 12.0 Å². The first-order valence-corrected chi connectivity index (χ1v) is 14.9. The lowest BCUT2D eigenvalue weighted by molar-refractivity contribution is -0.139. The number of nitrogens with one attached hydrogen (secondary N) is 1. The van der Waals surface area contributed by atoms with E-state index in [2.05, 4.69) is 24.1 Å². The van der Waals surface area contributed by atoms with Crippen LogP contribution in [0.5, 0.6) is 5.75 Å². The van der Waals surface area contributed by atoms with Crippen LogP contribution < -0.4 is 10.5 Å². The highest BCUT2D eigenvalue weighted by Crippen LogP contribution is 2.43. The third-order valence-corrected chi connectivity index (χ3v) is 8.94. The molecule has 0 radical (unpaired) electrons. The van der Waals surface area contributed by atoms with Crippen molar-refractivity contribution in [1.82, 2.24) is 4.98 Å². The molecule has 6 rings (SSSR count). The molecule has 1 fully saturated rings. The van der Waals surface area contributed by atoms with E-state index in [0.29, 0.717) is 16.9 Å². The van der Waals surface area contributed by atoms with Gasteiger partial charge in [-0.15, -0.1) is 0 Å². The number of hydrogen-bond donors (Lipinski definition) is 3. The molecule has 0 saturated heterocycles. The van der Waals surface area contributed by atoms with Crippen molar-refractivity contribution in [2.45, 2.75) is 94.9 Å². The molecule has 42 heavy (non-hydrogen) atoms. The van der Waals surface area contributed by atoms with Gasteiger partial charge in [0.15, 0.2) is 0 Å². The van der Waals surface area contributed by atoms with Crippen LogP contribution in [0.1, 0.15) is 98.1 Å². The summed E-state index contributed by atoms with van der Waals surface area (Å²) in [5, 5.41) is 10.1. The molecule has 3 aliphatic rings. The lowest BCUT2D eigenvalue weighted by atomic mass is 9.90. The van der Waals surface area contributed by atoms with Crippen molar-refractivity contribution in [3.8, 4) is 5.75 Å². The summed E-state index contributed by atoms with van der Waals surface area (Å²) in [4.78, 5) is 14.5. The normalized spacial score (nSPS) is 21.8. The molecule has 5 nitrogen and oxygen atoms in total. The van der Waals surface area contributed by atoms with Crippen LogP contribution in [-0.4, -0.2) is 21.6 Å². The van der Waals surface area contributed by atoms with Gasteiger partial charge < -0.3 is 20.6 Å². The van der Waals surface area contributed by atoms with E-state index in [1.54, 1.807) is 18.2 Å². The maximum Gasteiger partial charge on any atom is 0.416 e. The predicted octanol–water partition coefficient (Wildman–Crippen LogP) is 8.54. The molecule has 1 heterocycles. The minimum atomic E-state index is -4.38. The van der Waals surface area contributed by atoms with Gasteiger partial charge in [0, 0.05) is 28.1 Å². The fourth-order valence-electron chi connectivity index (χ4n) is 6.47. The summed E-state index contributed by atoms with van der Waals surface area (Å²) in [6.07, 6.45) is 11.2. The topological polar surface area (TPSA) is 88.3 Å². The Morgan fingerprint density at radius 2 is 1.90 bits per heavy atom. The summed E-state index contributed by atoms with van der Waals surface area (Å²) >= 11 is 0. The number of hydrogen-bond acceptors (Lipinski definition) is 3. The number of rotatable bonds is 7. The van der Waals surface area contributed by atoms with Crippen LogP contribution in [0.3, 0.4) is 0 Å². The summed E-state index contributed by atoms with van der Waals surface area (Å²) in [6.45, 7) is 2.16. The highest BCUT2D eigenvalue weighted by molar-refractivity contribution is 5.87. The van der Waals surface area contributed by atoms with Crippen molar-refractivity contribution in [1.29, 1.82) is 0 Å². The third-order valence-electron chi connectivity index (χ3n) is 8.94. The smallest absolute Gasteiger partial charge is 0.416 e. The highest BCUT2D eigenvalue weighted by Gasteiger charge is 2.36. The molecule has 0 bridgehead atoms. The molecule has 2 atom stereocenters. The maximum atomic E-state index is 13.7. The number of aromatic nitrogens is 1. The number of carbonyl (C=O) groups is 1. The predicted molar refractivity (Wildman–Crippen MR) is 159 cm³/mol. The Kier molecular flexibility index (Phi) is 8.83. The van der Waals surface area contributed by atoms with Gasteiger partial charge in [0.1, 0.15) is 12.4 Å². The molecule has 0 amide bonds. The van der Waals surface area contributed by atoms with Gasteiger partial charge in [-0.3, -0.25) is 4.79 Å². The number of halogens is 3. The Morgan fingerprint density at radius 1 is 1.12 bits per heavy atom. The quantitative estimate of drug-likeness (QED) is 0.261.